The van der Waals surface area contributed by atoms with Crippen LogP contribution in [0.4, 0.5) is 51.3 Å². The molecule has 454 valence electrons. The minimum Gasteiger partial charge on any atom is -0.341 e. The summed E-state index contributed by atoms with van der Waals surface area (Å²) in [5, 5.41) is 0. The van der Waals surface area contributed by atoms with Crippen LogP contribution in [0.2, 0.25) is 0 Å². The molecule has 4 aliphatic heterocycles. The number of hydrogen-bond donors (Lipinski definition) is 0. The minimum atomic E-state index is 0.342. The molecule has 5 atom stereocenters. The predicted octanol–water partition coefficient (Wildman–Crippen LogP) is 22.7. The maximum absolute atomic E-state index is 5.41. The van der Waals surface area contributed by atoms with Gasteiger partial charge in [-0.1, -0.05) is 204 Å². The van der Waals surface area contributed by atoms with Crippen molar-refractivity contribution in [3.05, 3.63) is 332 Å². The summed E-state index contributed by atoms with van der Waals surface area (Å²) < 4.78 is 0. The number of fused-ring (bicyclic) bond motifs is 10. The molecule has 0 bridgehead atoms. The lowest BCUT2D eigenvalue weighted by Gasteiger charge is -2.34. The van der Waals surface area contributed by atoms with Crippen LogP contribution in [-0.2, 0) is 0 Å². The van der Waals surface area contributed by atoms with E-state index >= 15 is 0 Å². The summed E-state index contributed by atoms with van der Waals surface area (Å²) in [5.41, 5.74) is 25.3. The number of pyridine rings is 1. The normalized spacial score (nSPS) is 20.6. The van der Waals surface area contributed by atoms with Gasteiger partial charge < -0.3 is 24.5 Å². The lowest BCUT2D eigenvalue weighted by atomic mass is 9.80. The molecule has 91 heavy (non-hydrogen) atoms. The molecule has 0 amide bonds. The molecular formula is C85H84N6. The molecule has 2 fully saturated rings. The van der Waals surface area contributed by atoms with Gasteiger partial charge in [0.2, 0.25) is 0 Å². The number of benzene rings is 7. The number of anilines is 9. The van der Waals surface area contributed by atoms with E-state index in [4.69, 9.17) is 4.98 Å². The Morgan fingerprint density at radius 1 is 0.560 bits per heavy atom. The van der Waals surface area contributed by atoms with Crippen LogP contribution < -0.4 is 24.5 Å². The number of aromatic nitrogens is 1. The molecule has 0 N–H and O–H groups in total. The molecule has 6 heteroatoms. The van der Waals surface area contributed by atoms with Gasteiger partial charge in [-0.05, 0) is 194 Å². The molecule has 3 aliphatic carbocycles. The SMILES string of the molecule is C=C/C=C\C=C/C.C=C1/C=C(/c2ccc3c(c2)C2CCCCC2N3c2ccc(N3c4ccc(C5=CC=C6C(C5)c5ccccc5N6c5ccccc5)cc4C4CCCCC43)nc2)CCN(c2ccccc2)c2ccccc21.C=CC(=C)N(C(=C)C)c1ccccc1. The Kier molecular flexibility index (Phi) is 17.8. The van der Waals surface area contributed by atoms with E-state index in [0.29, 0.717) is 29.8 Å². The summed E-state index contributed by atoms with van der Waals surface area (Å²) >= 11 is 0. The van der Waals surface area contributed by atoms with Crippen molar-refractivity contribution in [2.75, 3.05) is 31.0 Å². The van der Waals surface area contributed by atoms with Gasteiger partial charge in [-0.15, -0.1) is 0 Å². The molecule has 5 unspecified atom stereocenters. The van der Waals surface area contributed by atoms with Crippen LogP contribution >= 0.6 is 0 Å². The fraction of sp³-hybridized carbons (Fsp3) is 0.212. The molecule has 15 rings (SSSR count). The van der Waals surface area contributed by atoms with E-state index in [1.54, 1.807) is 12.2 Å². The van der Waals surface area contributed by atoms with Gasteiger partial charge in [-0.3, -0.25) is 0 Å². The minimum absolute atomic E-state index is 0.342. The van der Waals surface area contributed by atoms with Crippen molar-refractivity contribution in [3.8, 4) is 0 Å². The average Bonchev–Trinajstić information content (AvgIpc) is 1.61. The standard InChI is InChI=1S/C65H59N5.C13H15N.C7H10/c1-43-38-47(36-37-67(48-16-4-2-5-17-48)58-24-12-8-20-51(43)58)46-29-33-63-56(41-46)53-22-10-14-26-60(53)69(63)50-31-35-65(66-42-50)70-61-27-15-11-23-54(61)57-40-45(30-34-64(57)70)44-28-32-62-55(39-44)52-21-9-13-25-59(52)68(62)49-18-6-3-7-19-49;1-5-12(4)14(11(2)3)13-9-7-6-8-10-13;1-3-5-7-6-4-2/h2-9,12-13,16-21,24-25,28-35,38,40-42,53-55,60-61H,1,10-11,14-15,22-23,26-27,36-37,39H2;5-10H,1-2,4H2,3H3;3-7H,1H2,2H3/b47-38+;;6-4-,7-5-. The fourth-order valence-corrected chi connectivity index (χ4v) is 15.5. The van der Waals surface area contributed by atoms with E-state index in [1.807, 2.05) is 73.4 Å². The van der Waals surface area contributed by atoms with Gasteiger partial charge in [0.05, 0.1) is 11.9 Å². The van der Waals surface area contributed by atoms with Gasteiger partial charge in [-0.2, -0.15) is 0 Å². The first kappa shape index (κ1) is 60.0. The highest BCUT2D eigenvalue weighted by Gasteiger charge is 2.44. The third-order valence-electron chi connectivity index (χ3n) is 19.6. The monoisotopic (exact) mass is 1190 g/mol. The number of nitrogens with zero attached hydrogens (tertiary/aromatic N) is 6. The Bertz CT molecular complexity index is 4160. The Labute approximate surface area is 541 Å². The van der Waals surface area contributed by atoms with Crippen molar-refractivity contribution in [2.45, 2.75) is 108 Å². The van der Waals surface area contributed by atoms with Crippen molar-refractivity contribution >= 4 is 68.0 Å². The average molecular weight is 1190 g/mol. The Morgan fingerprint density at radius 3 is 1.81 bits per heavy atom. The lowest BCUT2D eigenvalue weighted by molar-refractivity contribution is 0.400. The first-order valence-corrected chi connectivity index (χ1v) is 32.9. The molecule has 8 aromatic rings. The van der Waals surface area contributed by atoms with Gasteiger partial charge in [-0.25, -0.2) is 4.98 Å². The summed E-state index contributed by atoms with van der Waals surface area (Å²) in [6, 6.07) is 69.8. The van der Waals surface area contributed by atoms with E-state index in [0.717, 1.165) is 47.9 Å². The van der Waals surface area contributed by atoms with Crippen molar-refractivity contribution in [1.29, 1.82) is 0 Å². The highest BCUT2D eigenvalue weighted by atomic mass is 15.3. The second kappa shape index (κ2) is 27.1. The van der Waals surface area contributed by atoms with Crippen LogP contribution in [0.25, 0.3) is 16.7 Å². The molecule has 5 heterocycles. The Balaban J connectivity index is 0.000000309. The van der Waals surface area contributed by atoms with Crippen molar-refractivity contribution < 1.29 is 0 Å². The molecule has 6 nitrogen and oxygen atoms in total. The van der Waals surface area contributed by atoms with Gasteiger partial charge in [0.25, 0.3) is 0 Å². The first-order valence-electron chi connectivity index (χ1n) is 32.9. The van der Waals surface area contributed by atoms with Crippen LogP contribution in [0, 0.1) is 0 Å². The smallest absolute Gasteiger partial charge is 0.133 e. The zero-order valence-corrected chi connectivity index (χ0v) is 53.1. The fourth-order valence-electron chi connectivity index (χ4n) is 15.5. The van der Waals surface area contributed by atoms with Crippen LogP contribution in [0.3, 0.4) is 0 Å². The molecular weight excluding hydrogens is 1100 g/mol. The highest BCUT2D eigenvalue weighted by molar-refractivity contribution is 5.91. The first-order chi connectivity index (χ1) is 44.7. The maximum Gasteiger partial charge on any atom is 0.133 e. The van der Waals surface area contributed by atoms with Crippen LogP contribution in [0.15, 0.2) is 299 Å². The molecule has 2 saturated carbocycles. The van der Waals surface area contributed by atoms with Crippen molar-refractivity contribution in [3.63, 3.8) is 0 Å². The number of allylic oxidation sites excluding steroid dienone is 13. The second-order valence-electron chi connectivity index (χ2n) is 25.0. The maximum atomic E-state index is 5.41. The van der Waals surface area contributed by atoms with Gasteiger partial charge in [0.15, 0.2) is 0 Å². The topological polar surface area (TPSA) is 29.1 Å². The summed E-state index contributed by atoms with van der Waals surface area (Å²) in [4.78, 5) is 17.6. The number of rotatable bonds is 12. The third kappa shape index (κ3) is 12.0. The summed E-state index contributed by atoms with van der Waals surface area (Å²) in [6.07, 6.45) is 32.5. The molecule has 0 spiro atoms. The van der Waals surface area contributed by atoms with Gasteiger partial charge >= 0.3 is 0 Å². The summed E-state index contributed by atoms with van der Waals surface area (Å²) in [7, 11) is 0. The molecule has 0 saturated heterocycles. The Morgan fingerprint density at radius 2 is 1.16 bits per heavy atom. The quantitative estimate of drug-likeness (QED) is 0.113. The molecule has 1 aromatic heterocycles. The Hall–Kier alpha value is -9.91. The highest BCUT2D eigenvalue weighted by Crippen LogP contribution is 2.56. The molecule has 0 radical (unpaired) electrons. The van der Waals surface area contributed by atoms with E-state index in [2.05, 4.69) is 235 Å². The van der Waals surface area contributed by atoms with E-state index in [-0.39, 0.29) is 0 Å². The zero-order valence-electron chi connectivity index (χ0n) is 53.1. The predicted molar refractivity (Wildman–Crippen MR) is 389 cm³/mol. The van der Waals surface area contributed by atoms with E-state index in [1.165, 1.54) is 141 Å². The second-order valence-corrected chi connectivity index (χ2v) is 25.0. The number of hydrogen-bond acceptors (Lipinski definition) is 6. The van der Waals surface area contributed by atoms with E-state index in [9.17, 15) is 0 Å². The lowest BCUT2D eigenvalue weighted by Crippen LogP contribution is -2.33. The molecule has 7 aromatic carbocycles. The molecule has 7 aliphatic rings. The van der Waals surface area contributed by atoms with Crippen LogP contribution in [0.1, 0.15) is 129 Å². The van der Waals surface area contributed by atoms with Gasteiger partial charge in [0, 0.05) is 98.8 Å². The third-order valence-corrected chi connectivity index (χ3v) is 19.6. The van der Waals surface area contributed by atoms with Gasteiger partial charge in [0.1, 0.15) is 5.82 Å². The largest absolute Gasteiger partial charge is 0.341 e. The van der Waals surface area contributed by atoms with E-state index < -0.39 is 0 Å². The summed E-state index contributed by atoms with van der Waals surface area (Å²) in [5.74, 6) is 2.45. The van der Waals surface area contributed by atoms with Crippen LogP contribution in [0.5, 0.6) is 0 Å². The zero-order chi connectivity index (χ0) is 62.4. The summed E-state index contributed by atoms with van der Waals surface area (Å²) in [6.45, 7) is 24.5. The number of para-hydroxylation sites is 5. The van der Waals surface area contributed by atoms with Crippen molar-refractivity contribution in [1.82, 2.24) is 4.98 Å². The van der Waals surface area contributed by atoms with Crippen LogP contribution in [-0.4, -0.2) is 23.6 Å². The van der Waals surface area contributed by atoms with Crippen molar-refractivity contribution in [2.24, 2.45) is 0 Å².